The number of aromatic nitrogens is 2. The number of nitrogens with zero attached hydrogens (tertiary/aromatic N) is 2. The van der Waals surface area contributed by atoms with E-state index in [0.717, 1.165) is 0 Å². The number of rotatable bonds is 3. The van der Waals surface area contributed by atoms with Crippen LogP contribution in [0.25, 0.3) is 11.3 Å². The zero-order valence-corrected chi connectivity index (χ0v) is 11.0. The van der Waals surface area contributed by atoms with E-state index in [1.54, 1.807) is 23.0 Å². The summed E-state index contributed by atoms with van der Waals surface area (Å²) in [6.07, 6.45) is -3.18. The molecule has 1 aromatic heterocycles. The van der Waals surface area contributed by atoms with Crippen LogP contribution < -0.4 is 10.5 Å². The molecule has 0 aliphatic heterocycles. The Morgan fingerprint density at radius 2 is 1.95 bits per heavy atom. The summed E-state index contributed by atoms with van der Waals surface area (Å²) >= 11 is 0. The highest BCUT2D eigenvalue weighted by Crippen LogP contribution is 2.33. The average Bonchev–Trinajstić information content (AvgIpc) is 2.79. The lowest BCUT2D eigenvalue weighted by molar-refractivity contribution is -0.274. The summed E-state index contributed by atoms with van der Waals surface area (Å²) in [5, 5.41) is 4.14. The van der Waals surface area contributed by atoms with Gasteiger partial charge >= 0.3 is 6.36 Å². The molecule has 108 valence electrons. The van der Waals surface area contributed by atoms with Crippen molar-refractivity contribution in [2.45, 2.75) is 26.3 Å². The highest BCUT2D eigenvalue weighted by molar-refractivity contribution is 5.67. The SMILES string of the molecule is CC(C)n1nccc1-c1ccc(N)c(OC(F)(F)F)c1. The van der Waals surface area contributed by atoms with Crippen LogP contribution in [-0.4, -0.2) is 16.1 Å². The van der Waals surface area contributed by atoms with Gasteiger partial charge in [0.15, 0.2) is 5.75 Å². The van der Waals surface area contributed by atoms with Gasteiger partial charge in [0.25, 0.3) is 0 Å². The van der Waals surface area contributed by atoms with Gasteiger partial charge in [-0.05, 0) is 32.0 Å². The third kappa shape index (κ3) is 3.04. The number of halogens is 3. The maximum Gasteiger partial charge on any atom is 0.573 e. The van der Waals surface area contributed by atoms with Gasteiger partial charge in [-0.25, -0.2) is 0 Å². The number of anilines is 1. The van der Waals surface area contributed by atoms with Crippen LogP contribution >= 0.6 is 0 Å². The van der Waals surface area contributed by atoms with Crippen molar-refractivity contribution in [3.8, 4) is 17.0 Å². The smallest absolute Gasteiger partial charge is 0.404 e. The quantitative estimate of drug-likeness (QED) is 0.876. The third-order valence-corrected chi connectivity index (χ3v) is 2.69. The second-order valence-corrected chi connectivity index (χ2v) is 4.56. The first kappa shape index (κ1) is 14.2. The van der Waals surface area contributed by atoms with Gasteiger partial charge in [0.2, 0.25) is 0 Å². The predicted octanol–water partition coefficient (Wildman–Crippen LogP) is 3.61. The number of alkyl halides is 3. The van der Waals surface area contributed by atoms with E-state index in [9.17, 15) is 13.2 Å². The molecule has 2 rings (SSSR count). The maximum absolute atomic E-state index is 12.3. The minimum atomic E-state index is -4.77. The summed E-state index contributed by atoms with van der Waals surface area (Å²) in [5.74, 6) is -0.411. The Morgan fingerprint density at radius 1 is 1.25 bits per heavy atom. The van der Waals surface area contributed by atoms with E-state index in [4.69, 9.17) is 5.73 Å². The number of hydrogen-bond donors (Lipinski definition) is 1. The molecule has 0 saturated carbocycles. The highest BCUT2D eigenvalue weighted by Gasteiger charge is 2.32. The number of nitrogen functional groups attached to an aromatic ring is 1. The molecule has 1 aromatic carbocycles. The topological polar surface area (TPSA) is 53.1 Å². The fourth-order valence-corrected chi connectivity index (χ4v) is 1.86. The van der Waals surface area contributed by atoms with Crippen LogP contribution in [0.2, 0.25) is 0 Å². The molecule has 0 bridgehead atoms. The molecule has 1 heterocycles. The summed E-state index contributed by atoms with van der Waals surface area (Å²) in [7, 11) is 0. The Bertz CT molecular complexity index is 605. The number of nitrogens with two attached hydrogens (primary N) is 1. The van der Waals surface area contributed by atoms with Gasteiger partial charge in [0, 0.05) is 17.8 Å². The minimum Gasteiger partial charge on any atom is -0.404 e. The number of hydrogen-bond acceptors (Lipinski definition) is 3. The van der Waals surface area contributed by atoms with Crippen molar-refractivity contribution < 1.29 is 17.9 Å². The molecular formula is C13H14F3N3O. The molecule has 0 atom stereocenters. The first-order chi connectivity index (χ1) is 9.28. The molecule has 0 spiro atoms. The Hall–Kier alpha value is -2.18. The molecule has 2 aromatic rings. The van der Waals surface area contributed by atoms with E-state index in [2.05, 4.69) is 9.84 Å². The van der Waals surface area contributed by atoms with E-state index >= 15 is 0 Å². The van der Waals surface area contributed by atoms with Crippen LogP contribution in [0.4, 0.5) is 18.9 Å². The summed E-state index contributed by atoms with van der Waals surface area (Å²) < 4.78 is 42.6. The molecule has 0 aliphatic carbocycles. The van der Waals surface area contributed by atoms with Crippen molar-refractivity contribution in [3.05, 3.63) is 30.5 Å². The molecule has 7 heteroatoms. The summed E-state index contributed by atoms with van der Waals surface area (Å²) in [6, 6.07) is 6.09. The lowest BCUT2D eigenvalue weighted by Gasteiger charge is -2.14. The highest BCUT2D eigenvalue weighted by atomic mass is 19.4. The summed E-state index contributed by atoms with van der Waals surface area (Å²) in [5.41, 5.74) is 6.69. The largest absolute Gasteiger partial charge is 0.573 e. The molecule has 20 heavy (non-hydrogen) atoms. The zero-order chi connectivity index (χ0) is 14.9. The zero-order valence-electron chi connectivity index (χ0n) is 11.0. The van der Waals surface area contributed by atoms with E-state index < -0.39 is 12.1 Å². The first-order valence-electron chi connectivity index (χ1n) is 5.97. The predicted molar refractivity (Wildman–Crippen MR) is 69.1 cm³/mol. The van der Waals surface area contributed by atoms with Gasteiger partial charge in [0.05, 0.1) is 11.4 Å². The van der Waals surface area contributed by atoms with Crippen molar-refractivity contribution in [1.82, 2.24) is 9.78 Å². The first-order valence-corrected chi connectivity index (χ1v) is 5.97. The molecule has 0 aliphatic rings. The van der Waals surface area contributed by atoms with Crippen molar-refractivity contribution in [3.63, 3.8) is 0 Å². The fraction of sp³-hybridized carbons (Fsp3) is 0.308. The second-order valence-electron chi connectivity index (χ2n) is 4.56. The Kier molecular flexibility index (Phi) is 3.61. The van der Waals surface area contributed by atoms with Crippen LogP contribution in [0.5, 0.6) is 5.75 Å². The van der Waals surface area contributed by atoms with E-state index in [-0.39, 0.29) is 11.7 Å². The molecule has 0 amide bonds. The van der Waals surface area contributed by atoms with Gasteiger partial charge in [0.1, 0.15) is 0 Å². The van der Waals surface area contributed by atoms with Crippen molar-refractivity contribution in [2.24, 2.45) is 0 Å². The third-order valence-electron chi connectivity index (χ3n) is 2.69. The molecule has 4 nitrogen and oxygen atoms in total. The van der Waals surface area contributed by atoms with Crippen molar-refractivity contribution in [2.75, 3.05) is 5.73 Å². The lowest BCUT2D eigenvalue weighted by Crippen LogP contribution is -2.18. The minimum absolute atomic E-state index is 0.0679. The molecule has 0 unspecified atom stereocenters. The molecule has 0 saturated heterocycles. The van der Waals surface area contributed by atoms with E-state index in [1.165, 1.54) is 12.1 Å². The van der Waals surface area contributed by atoms with Crippen LogP contribution in [0, 0.1) is 0 Å². The Morgan fingerprint density at radius 3 is 2.55 bits per heavy atom. The number of benzene rings is 1. The summed E-state index contributed by atoms with van der Waals surface area (Å²) in [6.45, 7) is 3.86. The van der Waals surface area contributed by atoms with Crippen LogP contribution in [0.15, 0.2) is 30.5 Å². The molecule has 0 radical (unpaired) electrons. The monoisotopic (exact) mass is 285 g/mol. The van der Waals surface area contributed by atoms with Gasteiger partial charge in [-0.2, -0.15) is 5.10 Å². The molecule has 0 fully saturated rings. The van der Waals surface area contributed by atoms with Gasteiger partial charge in [-0.15, -0.1) is 13.2 Å². The van der Waals surface area contributed by atoms with Crippen molar-refractivity contribution in [1.29, 1.82) is 0 Å². The lowest BCUT2D eigenvalue weighted by atomic mass is 10.1. The second kappa shape index (κ2) is 5.07. The van der Waals surface area contributed by atoms with Crippen LogP contribution in [0.1, 0.15) is 19.9 Å². The number of ether oxygens (including phenoxy) is 1. The Balaban J connectivity index is 2.43. The van der Waals surface area contributed by atoms with Gasteiger partial charge in [-0.3, -0.25) is 4.68 Å². The average molecular weight is 285 g/mol. The van der Waals surface area contributed by atoms with Crippen LogP contribution in [-0.2, 0) is 0 Å². The van der Waals surface area contributed by atoms with Crippen LogP contribution in [0.3, 0.4) is 0 Å². The Labute approximate surface area is 114 Å². The fourth-order valence-electron chi connectivity index (χ4n) is 1.86. The summed E-state index contributed by atoms with van der Waals surface area (Å²) in [4.78, 5) is 0. The molecule has 2 N–H and O–H groups in total. The van der Waals surface area contributed by atoms with E-state index in [0.29, 0.717) is 11.3 Å². The standard InChI is InChI=1S/C13H14F3N3O/c1-8(2)19-11(5-6-18-19)9-3-4-10(17)12(7-9)20-13(14,15)16/h3-8H,17H2,1-2H3. The van der Waals surface area contributed by atoms with Crippen molar-refractivity contribution >= 4 is 5.69 Å². The van der Waals surface area contributed by atoms with E-state index in [1.807, 2.05) is 13.8 Å². The van der Waals surface area contributed by atoms with Gasteiger partial charge in [-0.1, -0.05) is 6.07 Å². The maximum atomic E-state index is 12.3. The van der Waals surface area contributed by atoms with Gasteiger partial charge < -0.3 is 10.5 Å². The normalized spacial score (nSPS) is 11.9. The molecular weight excluding hydrogens is 271 g/mol.